The zero-order valence-corrected chi connectivity index (χ0v) is 12.5. The predicted molar refractivity (Wildman–Crippen MR) is 80.0 cm³/mol. The lowest BCUT2D eigenvalue weighted by molar-refractivity contribution is -0.123. The van der Waals surface area contributed by atoms with E-state index in [0.717, 1.165) is 12.1 Å². The molecule has 1 fully saturated rings. The van der Waals surface area contributed by atoms with Gasteiger partial charge in [0.05, 0.1) is 0 Å². The van der Waals surface area contributed by atoms with Crippen LogP contribution >= 0.6 is 11.6 Å². The minimum Gasteiger partial charge on any atom is -0.483 e. The largest absolute Gasteiger partial charge is 0.483 e. The number of benzene rings is 1. The Hall–Kier alpha value is -1.26. The molecular weight excluding hydrogens is 276 g/mol. The fraction of sp³-hybridized carbons (Fsp3) is 0.533. The highest BCUT2D eigenvalue weighted by molar-refractivity contribution is 6.30. The SMILES string of the molecule is CC(N)Cc1cc(Cl)ccc1OCC(=O)NCC1CC1. The summed E-state index contributed by atoms with van der Waals surface area (Å²) >= 11 is 5.98. The lowest BCUT2D eigenvalue weighted by atomic mass is 10.1. The molecule has 1 unspecified atom stereocenters. The molecule has 1 aromatic rings. The molecule has 1 atom stereocenters. The van der Waals surface area contributed by atoms with Gasteiger partial charge in [-0.15, -0.1) is 0 Å². The smallest absolute Gasteiger partial charge is 0.257 e. The van der Waals surface area contributed by atoms with Crippen LogP contribution in [-0.2, 0) is 11.2 Å². The number of carbonyl (C=O) groups excluding carboxylic acids is 1. The van der Waals surface area contributed by atoms with Gasteiger partial charge in [-0.3, -0.25) is 4.79 Å². The molecule has 3 N–H and O–H groups in total. The maximum atomic E-state index is 11.7. The van der Waals surface area contributed by atoms with E-state index >= 15 is 0 Å². The monoisotopic (exact) mass is 296 g/mol. The first kappa shape index (κ1) is 15.1. The Balaban J connectivity index is 1.88. The molecule has 0 aromatic heterocycles. The van der Waals surface area contributed by atoms with Crippen molar-refractivity contribution < 1.29 is 9.53 Å². The molecule has 1 amide bonds. The number of nitrogens with one attached hydrogen (secondary N) is 1. The highest BCUT2D eigenvalue weighted by atomic mass is 35.5. The molecule has 2 rings (SSSR count). The van der Waals surface area contributed by atoms with Gasteiger partial charge in [0.1, 0.15) is 5.75 Å². The summed E-state index contributed by atoms with van der Waals surface area (Å²) in [7, 11) is 0. The van der Waals surface area contributed by atoms with Gasteiger partial charge in [0, 0.05) is 17.6 Å². The predicted octanol–water partition coefficient (Wildman–Crippen LogP) is 2.13. The van der Waals surface area contributed by atoms with Gasteiger partial charge in [-0.05, 0) is 55.9 Å². The van der Waals surface area contributed by atoms with Crippen LogP contribution in [0, 0.1) is 5.92 Å². The van der Waals surface area contributed by atoms with Crippen LogP contribution in [0.2, 0.25) is 5.02 Å². The van der Waals surface area contributed by atoms with Crippen molar-refractivity contribution in [2.24, 2.45) is 11.7 Å². The van der Waals surface area contributed by atoms with Crippen LogP contribution in [0.25, 0.3) is 0 Å². The topological polar surface area (TPSA) is 64.3 Å². The van der Waals surface area contributed by atoms with Crippen LogP contribution in [0.3, 0.4) is 0 Å². The molecule has 0 bridgehead atoms. The van der Waals surface area contributed by atoms with Crippen LogP contribution in [0.15, 0.2) is 18.2 Å². The van der Waals surface area contributed by atoms with E-state index in [1.807, 2.05) is 13.0 Å². The van der Waals surface area contributed by atoms with Gasteiger partial charge in [0.2, 0.25) is 0 Å². The summed E-state index contributed by atoms with van der Waals surface area (Å²) in [5, 5.41) is 3.52. The number of hydrogen-bond acceptors (Lipinski definition) is 3. The number of rotatable bonds is 7. The van der Waals surface area contributed by atoms with Gasteiger partial charge in [0.25, 0.3) is 5.91 Å². The molecule has 4 nitrogen and oxygen atoms in total. The third-order valence-corrected chi connectivity index (χ3v) is 3.44. The summed E-state index contributed by atoms with van der Waals surface area (Å²) in [6.45, 7) is 2.71. The molecule has 1 aliphatic rings. The minimum atomic E-state index is -0.0846. The normalized spacial score (nSPS) is 15.8. The van der Waals surface area contributed by atoms with Crippen molar-refractivity contribution in [3.63, 3.8) is 0 Å². The molecule has 1 aliphatic carbocycles. The Labute approximate surface area is 124 Å². The summed E-state index contributed by atoms with van der Waals surface area (Å²) in [6, 6.07) is 5.39. The van der Waals surface area contributed by atoms with E-state index in [1.165, 1.54) is 12.8 Å². The second kappa shape index (κ2) is 6.95. The third-order valence-electron chi connectivity index (χ3n) is 3.21. The molecule has 20 heavy (non-hydrogen) atoms. The van der Waals surface area contributed by atoms with E-state index in [4.69, 9.17) is 22.1 Å². The van der Waals surface area contributed by atoms with Crippen molar-refractivity contribution in [2.45, 2.75) is 32.2 Å². The van der Waals surface area contributed by atoms with E-state index < -0.39 is 0 Å². The van der Waals surface area contributed by atoms with Crippen molar-refractivity contribution >= 4 is 17.5 Å². The second-order valence-electron chi connectivity index (χ2n) is 5.47. The molecule has 1 aromatic carbocycles. The number of carbonyl (C=O) groups is 1. The molecule has 0 heterocycles. The minimum absolute atomic E-state index is 0.0134. The first-order chi connectivity index (χ1) is 9.54. The summed E-state index contributed by atoms with van der Waals surface area (Å²) < 4.78 is 5.58. The average molecular weight is 297 g/mol. The van der Waals surface area contributed by atoms with Crippen LogP contribution in [0.5, 0.6) is 5.75 Å². The summed E-state index contributed by atoms with van der Waals surface area (Å²) in [4.78, 5) is 11.7. The van der Waals surface area contributed by atoms with Crippen molar-refractivity contribution in [1.29, 1.82) is 0 Å². The molecule has 0 spiro atoms. The van der Waals surface area contributed by atoms with Gasteiger partial charge in [0.15, 0.2) is 6.61 Å². The van der Waals surface area contributed by atoms with Gasteiger partial charge < -0.3 is 15.8 Å². The number of halogens is 1. The fourth-order valence-electron chi connectivity index (χ4n) is 1.97. The number of amides is 1. The fourth-order valence-corrected chi connectivity index (χ4v) is 2.16. The third kappa shape index (κ3) is 5.02. The maximum absolute atomic E-state index is 11.7. The number of ether oxygens (including phenoxy) is 1. The highest BCUT2D eigenvalue weighted by Gasteiger charge is 2.21. The molecule has 1 saturated carbocycles. The number of nitrogens with two attached hydrogens (primary N) is 1. The van der Waals surface area contributed by atoms with Crippen LogP contribution in [0.1, 0.15) is 25.3 Å². The zero-order chi connectivity index (χ0) is 14.5. The quantitative estimate of drug-likeness (QED) is 0.810. The van der Waals surface area contributed by atoms with E-state index in [-0.39, 0.29) is 18.6 Å². The molecule has 0 aliphatic heterocycles. The van der Waals surface area contributed by atoms with Crippen LogP contribution in [0.4, 0.5) is 0 Å². The Morgan fingerprint density at radius 2 is 2.30 bits per heavy atom. The Morgan fingerprint density at radius 1 is 1.55 bits per heavy atom. The Bertz CT molecular complexity index is 473. The van der Waals surface area contributed by atoms with Crippen molar-refractivity contribution in [3.05, 3.63) is 28.8 Å². The van der Waals surface area contributed by atoms with Gasteiger partial charge in [-0.25, -0.2) is 0 Å². The van der Waals surface area contributed by atoms with E-state index in [9.17, 15) is 4.79 Å². The standard InChI is InChI=1S/C15H21ClN2O2/c1-10(17)6-12-7-13(16)4-5-14(12)20-9-15(19)18-8-11-2-3-11/h4-5,7,10-11H,2-3,6,8-9,17H2,1H3,(H,18,19). The van der Waals surface area contributed by atoms with Crippen LogP contribution < -0.4 is 15.8 Å². The molecule has 0 saturated heterocycles. The number of hydrogen-bond donors (Lipinski definition) is 2. The summed E-state index contributed by atoms with van der Waals surface area (Å²) in [5.74, 6) is 1.26. The second-order valence-corrected chi connectivity index (χ2v) is 5.91. The van der Waals surface area contributed by atoms with E-state index in [2.05, 4.69) is 5.32 Å². The maximum Gasteiger partial charge on any atom is 0.257 e. The lowest BCUT2D eigenvalue weighted by Crippen LogP contribution is -2.30. The van der Waals surface area contributed by atoms with Gasteiger partial charge >= 0.3 is 0 Å². The Morgan fingerprint density at radius 3 is 2.95 bits per heavy atom. The summed E-state index contributed by atoms with van der Waals surface area (Å²) in [6.07, 6.45) is 3.10. The molecule has 5 heteroatoms. The van der Waals surface area contributed by atoms with Crippen molar-refractivity contribution in [3.8, 4) is 5.75 Å². The first-order valence-electron chi connectivity index (χ1n) is 6.98. The molecular formula is C15H21ClN2O2. The first-order valence-corrected chi connectivity index (χ1v) is 7.36. The van der Waals surface area contributed by atoms with Crippen molar-refractivity contribution in [2.75, 3.05) is 13.2 Å². The van der Waals surface area contributed by atoms with Crippen molar-refractivity contribution in [1.82, 2.24) is 5.32 Å². The van der Waals surface area contributed by atoms with Gasteiger partial charge in [-0.2, -0.15) is 0 Å². The molecule has 0 radical (unpaired) electrons. The Kier molecular flexibility index (Phi) is 5.26. The lowest BCUT2D eigenvalue weighted by Gasteiger charge is -2.13. The van der Waals surface area contributed by atoms with E-state index in [0.29, 0.717) is 23.1 Å². The molecule has 110 valence electrons. The van der Waals surface area contributed by atoms with Crippen LogP contribution in [-0.4, -0.2) is 25.1 Å². The highest BCUT2D eigenvalue weighted by Crippen LogP contribution is 2.27. The van der Waals surface area contributed by atoms with Gasteiger partial charge in [-0.1, -0.05) is 11.6 Å². The zero-order valence-electron chi connectivity index (χ0n) is 11.7. The van der Waals surface area contributed by atoms with E-state index in [1.54, 1.807) is 12.1 Å². The summed E-state index contributed by atoms with van der Waals surface area (Å²) in [5.41, 5.74) is 6.74. The average Bonchev–Trinajstić information content (AvgIpc) is 3.18.